The summed E-state index contributed by atoms with van der Waals surface area (Å²) in [5.41, 5.74) is 8.26. The molecule has 0 aliphatic heterocycles. The van der Waals surface area contributed by atoms with Gasteiger partial charge in [-0.1, -0.05) is 0 Å². The Morgan fingerprint density at radius 2 is 1.50 bits per heavy atom. The molecule has 0 aliphatic carbocycles. The third kappa shape index (κ3) is 70.1. The topological polar surface area (TPSA) is 92.2 Å². The third-order valence-corrected chi connectivity index (χ3v) is 0. The van der Waals surface area contributed by atoms with Gasteiger partial charge < -0.3 is 9.46 Å². The molecule has 0 saturated heterocycles. The van der Waals surface area contributed by atoms with Gasteiger partial charge in [-0.25, -0.2) is 0 Å². The molecule has 0 aromatic rings. The van der Waals surface area contributed by atoms with Crippen molar-refractivity contribution in [2.75, 3.05) is 0 Å². The fourth-order valence-electron chi connectivity index (χ4n) is 0. The molecule has 0 aliphatic rings. The first kappa shape index (κ1) is 10.2. The molecule has 4 N–H and O–H groups in total. The first-order chi connectivity index (χ1) is 2.00. The largest absolute Gasteiger partial charge is 1.00 e. The van der Waals surface area contributed by atoms with Gasteiger partial charge in [0, 0.05) is 0 Å². The monoisotopic (exact) mass is 118 g/mol. The Morgan fingerprint density at radius 1 is 1.50 bits per heavy atom. The van der Waals surface area contributed by atoms with Crippen molar-refractivity contribution >= 4 is 7.67 Å². The van der Waals surface area contributed by atoms with Gasteiger partial charge in [-0.05, 0) is 0 Å². The van der Waals surface area contributed by atoms with Crippen molar-refractivity contribution in [3.8, 4) is 0 Å². The van der Waals surface area contributed by atoms with E-state index in [2.05, 4.69) is 11.0 Å². The minimum Gasteiger partial charge on any atom is -0.776 e. The maximum absolute atomic E-state index is 9.22. The van der Waals surface area contributed by atoms with Crippen LogP contribution in [0.15, 0.2) is 0 Å². The number of rotatable bonds is 0. The molecule has 0 fully saturated rings. The quantitative estimate of drug-likeness (QED) is 0.247. The van der Waals surface area contributed by atoms with E-state index < -0.39 is 7.67 Å². The molecular weight excluding hydrogens is 114 g/mol. The summed E-state index contributed by atoms with van der Waals surface area (Å²) in [6.07, 6.45) is 0. The van der Waals surface area contributed by atoms with Crippen LogP contribution in [-0.4, -0.2) is 0 Å². The van der Waals surface area contributed by atoms with E-state index in [0.29, 0.717) is 0 Å². The molecule has 0 saturated carbocycles. The molecule has 0 amide bonds. The molecular formula is H4N2NaO2P. The molecule has 32 valence electrons. The van der Waals surface area contributed by atoms with Crippen LogP contribution in [0.3, 0.4) is 0 Å². The normalized spacial score (nSPS) is 9.83. The van der Waals surface area contributed by atoms with Gasteiger partial charge in [0.05, 0.1) is 0 Å². The van der Waals surface area contributed by atoms with Crippen molar-refractivity contribution in [2.45, 2.75) is 0 Å². The number of nitrogens with two attached hydrogens (primary N) is 2. The van der Waals surface area contributed by atoms with Crippen molar-refractivity contribution in [2.24, 2.45) is 11.0 Å². The second-order valence-corrected chi connectivity index (χ2v) is 1.94. The van der Waals surface area contributed by atoms with Crippen LogP contribution < -0.4 is 45.5 Å². The summed E-state index contributed by atoms with van der Waals surface area (Å²) < 4.78 is 9.22. The van der Waals surface area contributed by atoms with Crippen molar-refractivity contribution in [1.29, 1.82) is 0 Å². The van der Waals surface area contributed by atoms with Gasteiger partial charge in [-0.2, -0.15) is 0 Å². The molecule has 0 spiro atoms. The smallest absolute Gasteiger partial charge is 0.776 e. The van der Waals surface area contributed by atoms with Gasteiger partial charge in [-0.15, -0.1) is 0 Å². The predicted molar refractivity (Wildman–Crippen MR) is 16.0 cm³/mol. The Labute approximate surface area is 57.8 Å². The van der Waals surface area contributed by atoms with Crippen LogP contribution in [-0.2, 0) is 4.57 Å². The van der Waals surface area contributed by atoms with Crippen molar-refractivity contribution in [3.63, 3.8) is 0 Å². The van der Waals surface area contributed by atoms with Gasteiger partial charge in [0.15, 0.2) is 0 Å². The van der Waals surface area contributed by atoms with Crippen molar-refractivity contribution in [1.82, 2.24) is 0 Å². The standard InChI is InChI=1S/H5N2O2P.Na/c1-5(2,3)4;/h(H5,1,2,3,4);/q;+1/p-1. The summed E-state index contributed by atoms with van der Waals surface area (Å²) in [6.45, 7) is 0. The molecule has 6 heteroatoms. The van der Waals surface area contributed by atoms with Crippen molar-refractivity contribution in [3.05, 3.63) is 0 Å². The van der Waals surface area contributed by atoms with Gasteiger partial charge in [0.25, 0.3) is 0 Å². The van der Waals surface area contributed by atoms with Gasteiger partial charge in [0.2, 0.25) is 0 Å². The summed E-state index contributed by atoms with van der Waals surface area (Å²) in [5, 5.41) is 0. The van der Waals surface area contributed by atoms with E-state index in [4.69, 9.17) is 0 Å². The number of hydrogen-bond donors (Lipinski definition) is 2. The summed E-state index contributed by atoms with van der Waals surface area (Å²) in [7, 11) is -3.89. The fraction of sp³-hybridized carbons (Fsp3) is 0. The Balaban J connectivity index is 0. The van der Waals surface area contributed by atoms with Crippen LogP contribution in [0.4, 0.5) is 0 Å². The fourth-order valence-corrected chi connectivity index (χ4v) is 0. The molecule has 6 heavy (non-hydrogen) atoms. The maximum atomic E-state index is 9.22. The molecule has 0 aromatic heterocycles. The first-order valence-electron chi connectivity index (χ1n) is 0.882. The second-order valence-electron chi connectivity index (χ2n) is 0.645. The zero-order valence-corrected chi connectivity index (χ0v) is 6.31. The molecule has 0 heterocycles. The van der Waals surface area contributed by atoms with Gasteiger partial charge >= 0.3 is 29.6 Å². The number of hydrogen-bond acceptors (Lipinski definition) is 2. The average molecular weight is 118 g/mol. The second kappa shape index (κ2) is 3.16. The minimum atomic E-state index is -3.89. The van der Waals surface area contributed by atoms with Crippen molar-refractivity contribution < 1.29 is 39.0 Å². The molecule has 0 radical (unpaired) electrons. The third-order valence-electron chi connectivity index (χ3n) is 0. The van der Waals surface area contributed by atoms with Crippen LogP contribution in [0.2, 0.25) is 0 Å². The van der Waals surface area contributed by atoms with E-state index in [1.54, 1.807) is 0 Å². The zero-order chi connectivity index (χ0) is 4.50. The van der Waals surface area contributed by atoms with Crippen LogP contribution in [0.5, 0.6) is 0 Å². The summed E-state index contributed by atoms with van der Waals surface area (Å²) >= 11 is 0. The first-order valence-corrected chi connectivity index (χ1v) is 2.64. The zero-order valence-electron chi connectivity index (χ0n) is 3.42. The van der Waals surface area contributed by atoms with E-state index in [-0.39, 0.29) is 29.6 Å². The molecule has 0 aromatic carbocycles. The summed E-state index contributed by atoms with van der Waals surface area (Å²) in [6, 6.07) is 0. The molecule has 0 rings (SSSR count). The maximum Gasteiger partial charge on any atom is 1.00 e. The Morgan fingerprint density at radius 3 is 1.50 bits per heavy atom. The Kier molecular flexibility index (Phi) is 5.35. The van der Waals surface area contributed by atoms with Crippen LogP contribution in [0.1, 0.15) is 0 Å². The van der Waals surface area contributed by atoms with E-state index in [0.717, 1.165) is 0 Å². The van der Waals surface area contributed by atoms with Crippen LogP contribution >= 0.6 is 7.67 Å². The summed E-state index contributed by atoms with van der Waals surface area (Å²) in [5.74, 6) is 0. The van der Waals surface area contributed by atoms with E-state index >= 15 is 0 Å². The van der Waals surface area contributed by atoms with E-state index in [9.17, 15) is 9.46 Å². The Hall–Kier alpha value is 1.11. The molecule has 0 bridgehead atoms. The predicted octanol–water partition coefficient (Wildman–Crippen LogP) is -4.62. The van der Waals surface area contributed by atoms with Gasteiger partial charge in [-0.3, -0.25) is 11.0 Å². The van der Waals surface area contributed by atoms with Crippen LogP contribution in [0, 0.1) is 0 Å². The average Bonchev–Trinajstić information content (AvgIpc) is 0.722. The Bertz CT molecular complexity index is 57.7. The minimum absolute atomic E-state index is 0. The molecule has 0 atom stereocenters. The van der Waals surface area contributed by atoms with E-state index in [1.807, 2.05) is 0 Å². The van der Waals surface area contributed by atoms with Gasteiger partial charge in [0.1, 0.15) is 7.67 Å². The molecule has 0 unspecified atom stereocenters. The SMILES string of the molecule is NP(N)(=O)[O-].[Na+]. The molecule has 4 nitrogen and oxygen atoms in total. The van der Waals surface area contributed by atoms with E-state index in [1.165, 1.54) is 0 Å². The van der Waals surface area contributed by atoms with Crippen LogP contribution in [0.25, 0.3) is 0 Å². The summed E-state index contributed by atoms with van der Waals surface area (Å²) in [4.78, 5) is 9.22.